The Morgan fingerprint density at radius 1 is 0.659 bits per heavy atom. The number of nitrogens with zero attached hydrogens (tertiary/aromatic N) is 2. The lowest BCUT2D eigenvalue weighted by atomic mass is 10.2. The van der Waals surface area contributed by atoms with Crippen molar-refractivity contribution in [3.8, 4) is 0 Å². The van der Waals surface area contributed by atoms with Crippen molar-refractivity contribution in [2.75, 3.05) is 37.4 Å². The average molecular weight is 747 g/mol. The highest BCUT2D eigenvalue weighted by molar-refractivity contribution is 14.1. The van der Waals surface area contributed by atoms with Crippen molar-refractivity contribution in [1.29, 1.82) is 0 Å². The van der Waals surface area contributed by atoms with Crippen LogP contribution in [0.1, 0.15) is 101 Å². The normalized spacial score (nSPS) is 11.4. The minimum Gasteiger partial charge on any atom is -0.374 e. The minimum absolute atomic E-state index is 0.371. The zero-order chi connectivity index (χ0) is 32.1. The Hall–Kier alpha value is -0.600. The highest BCUT2D eigenvalue weighted by Gasteiger charge is 2.00. The summed E-state index contributed by atoms with van der Waals surface area (Å²) in [5.74, 6) is 1.05. The molecular formula is C29H63IN8S3. The van der Waals surface area contributed by atoms with Crippen LogP contribution in [0.5, 0.6) is 0 Å². The van der Waals surface area contributed by atoms with Gasteiger partial charge >= 0.3 is 0 Å². The Morgan fingerprint density at radius 2 is 1.07 bits per heavy atom. The van der Waals surface area contributed by atoms with Gasteiger partial charge in [-0.25, -0.2) is 0 Å². The summed E-state index contributed by atoms with van der Waals surface area (Å²) in [5.41, 5.74) is 0. The Balaban J connectivity index is -0.000000664. The van der Waals surface area contributed by atoms with Gasteiger partial charge in [-0.15, -0.1) is 0 Å². The quantitative estimate of drug-likeness (QED) is 0.0274. The molecule has 0 aromatic heterocycles. The number of hydrogen-bond donors (Lipinski definition) is 6. The van der Waals surface area contributed by atoms with Crippen LogP contribution >= 0.6 is 58.8 Å². The van der Waals surface area contributed by atoms with E-state index in [2.05, 4.69) is 126 Å². The molecule has 0 aliphatic carbocycles. The number of unbranched alkanes of at least 4 members (excludes halogenated alkanes) is 4. The second kappa shape index (κ2) is 32.3. The lowest BCUT2D eigenvalue weighted by Crippen LogP contribution is -2.40. The summed E-state index contributed by atoms with van der Waals surface area (Å²) >= 11 is 14.1. The van der Waals surface area contributed by atoms with Crippen molar-refractivity contribution in [1.82, 2.24) is 31.9 Å². The Morgan fingerprint density at radius 3 is 1.46 bits per heavy atom. The molecule has 41 heavy (non-hydrogen) atoms. The fourth-order valence-corrected chi connectivity index (χ4v) is 4.42. The van der Waals surface area contributed by atoms with Gasteiger partial charge in [-0.05, 0) is 136 Å². The highest BCUT2D eigenvalue weighted by Crippen LogP contribution is 2.00. The van der Waals surface area contributed by atoms with Gasteiger partial charge in [-0.2, -0.15) is 0 Å². The van der Waals surface area contributed by atoms with Crippen LogP contribution in [-0.2, 0) is 0 Å². The summed E-state index contributed by atoms with van der Waals surface area (Å²) in [5, 5.41) is 22.0. The molecule has 6 N–H and O–H groups in total. The van der Waals surface area contributed by atoms with Gasteiger partial charge in [0.15, 0.2) is 15.4 Å². The van der Waals surface area contributed by atoms with Gasteiger partial charge in [-0.3, -0.25) is 9.98 Å². The molecule has 0 aromatic carbocycles. The molecule has 0 aliphatic heterocycles. The van der Waals surface area contributed by atoms with Crippen LogP contribution in [0.3, 0.4) is 0 Å². The summed E-state index contributed by atoms with van der Waals surface area (Å²) in [6.07, 6.45) is 8.98. The average Bonchev–Trinajstić information content (AvgIpc) is 2.86. The summed E-state index contributed by atoms with van der Waals surface area (Å²) in [4.78, 5) is 11.0. The predicted molar refractivity (Wildman–Crippen MR) is 206 cm³/mol. The maximum Gasteiger partial charge on any atom is 0.166 e. The van der Waals surface area contributed by atoms with E-state index in [-0.39, 0.29) is 0 Å². The van der Waals surface area contributed by atoms with E-state index >= 15 is 0 Å². The Labute approximate surface area is 282 Å². The van der Waals surface area contributed by atoms with E-state index in [0.29, 0.717) is 24.2 Å². The van der Waals surface area contributed by atoms with Crippen LogP contribution in [-0.4, -0.2) is 82.8 Å². The summed E-state index contributed by atoms with van der Waals surface area (Å²) in [6, 6.07) is 1.60. The third-order valence-corrected chi connectivity index (χ3v) is 5.95. The zero-order valence-corrected chi connectivity index (χ0v) is 32.5. The number of aliphatic imine (C=N–C) groups is 2. The molecular weight excluding hydrogens is 683 g/mol. The standard InChI is InChI=1S/C15H32N4S.C13H28N4S2.CH3I/c1-12(2)18-14(5)16-10-8-7-9-11-17-15(20-6)19-13(3)4;1-10(2)16-12(18)14-8-6-5-7-9-15-13(19)17-11(3)4;1-2/h12-13H,7-11H2,1-6H3,(H,16,18)(H,17,19);10-11H,5-9H2,1-4H3,(H2,14,16,18)(H2,15,17,19);1H3. The van der Waals surface area contributed by atoms with Gasteiger partial charge in [-0.1, -0.05) is 34.4 Å². The van der Waals surface area contributed by atoms with Gasteiger partial charge < -0.3 is 31.9 Å². The van der Waals surface area contributed by atoms with Crippen LogP contribution in [0, 0.1) is 0 Å². The van der Waals surface area contributed by atoms with E-state index in [1.54, 1.807) is 11.8 Å². The lowest BCUT2D eigenvalue weighted by Gasteiger charge is -2.14. The maximum atomic E-state index is 5.15. The first-order valence-corrected chi connectivity index (χ1v) is 19.2. The van der Waals surface area contributed by atoms with E-state index in [1.165, 1.54) is 12.8 Å². The van der Waals surface area contributed by atoms with Crippen LogP contribution in [0.4, 0.5) is 0 Å². The van der Waals surface area contributed by atoms with E-state index in [4.69, 9.17) is 24.4 Å². The molecule has 0 atom stereocenters. The van der Waals surface area contributed by atoms with Crippen molar-refractivity contribution in [3.63, 3.8) is 0 Å². The molecule has 0 bridgehead atoms. The predicted octanol–water partition coefficient (Wildman–Crippen LogP) is 6.24. The van der Waals surface area contributed by atoms with Gasteiger partial charge in [0.25, 0.3) is 0 Å². The van der Waals surface area contributed by atoms with E-state index in [0.717, 1.165) is 73.1 Å². The van der Waals surface area contributed by atoms with Crippen LogP contribution in [0.2, 0.25) is 0 Å². The number of nitrogens with one attached hydrogen (secondary N) is 6. The molecule has 0 aliphatic rings. The lowest BCUT2D eigenvalue weighted by molar-refractivity contribution is 0.634. The molecule has 0 amide bonds. The van der Waals surface area contributed by atoms with Crippen molar-refractivity contribution in [2.45, 2.75) is 125 Å². The monoisotopic (exact) mass is 746 g/mol. The first-order chi connectivity index (χ1) is 19.4. The van der Waals surface area contributed by atoms with Gasteiger partial charge in [0.2, 0.25) is 0 Å². The molecule has 0 aromatic rings. The molecule has 244 valence electrons. The molecule has 0 heterocycles. The van der Waals surface area contributed by atoms with Crippen molar-refractivity contribution in [3.05, 3.63) is 0 Å². The minimum atomic E-state index is 0.371. The largest absolute Gasteiger partial charge is 0.374 e. The van der Waals surface area contributed by atoms with Crippen LogP contribution in [0.15, 0.2) is 9.98 Å². The third kappa shape index (κ3) is 39.4. The SMILES string of the molecule is CC(C)NC(=S)NCCCCCNC(=S)NC(C)C.CI.CSC(=NCCCCCNC(C)=NC(C)C)NC(C)C. The molecule has 0 radical (unpaired) electrons. The summed E-state index contributed by atoms with van der Waals surface area (Å²) < 4.78 is 0. The fraction of sp³-hybridized carbons (Fsp3) is 0.862. The van der Waals surface area contributed by atoms with Gasteiger partial charge in [0.05, 0.1) is 5.84 Å². The molecule has 0 saturated heterocycles. The third-order valence-electron chi connectivity index (χ3n) is 4.79. The summed E-state index contributed by atoms with van der Waals surface area (Å²) in [7, 11) is 0. The number of rotatable bonds is 16. The second-order valence-electron chi connectivity index (χ2n) is 10.7. The number of halogens is 1. The van der Waals surface area contributed by atoms with E-state index in [9.17, 15) is 0 Å². The molecule has 0 unspecified atom stereocenters. The molecule has 12 heteroatoms. The fourth-order valence-electron chi connectivity index (χ4n) is 3.17. The van der Waals surface area contributed by atoms with Gasteiger partial charge in [0.1, 0.15) is 0 Å². The molecule has 0 saturated carbocycles. The smallest absolute Gasteiger partial charge is 0.166 e. The van der Waals surface area contributed by atoms with Crippen LogP contribution in [0.25, 0.3) is 0 Å². The first-order valence-electron chi connectivity index (χ1n) is 15.0. The number of amidine groups is 2. The van der Waals surface area contributed by atoms with Crippen LogP contribution < -0.4 is 31.9 Å². The topological polar surface area (TPSA) is 96.9 Å². The number of hydrogen-bond acceptors (Lipinski definition) is 5. The van der Waals surface area contributed by atoms with Gasteiger partial charge in [0, 0.05) is 50.3 Å². The molecule has 0 fully saturated rings. The molecule has 8 nitrogen and oxygen atoms in total. The molecule has 0 rings (SSSR count). The van der Waals surface area contributed by atoms with Crippen molar-refractivity contribution in [2.24, 2.45) is 9.98 Å². The number of thioether (sulfide) groups is 1. The first kappa shape index (κ1) is 44.8. The Bertz CT molecular complexity index is 661. The van der Waals surface area contributed by atoms with Crippen molar-refractivity contribution >= 4 is 80.0 Å². The maximum absolute atomic E-state index is 5.15. The summed E-state index contributed by atoms with van der Waals surface area (Å²) in [6.45, 7) is 22.6. The zero-order valence-electron chi connectivity index (χ0n) is 27.9. The highest BCUT2D eigenvalue weighted by atomic mass is 127. The van der Waals surface area contributed by atoms with E-state index < -0.39 is 0 Å². The van der Waals surface area contributed by atoms with Crippen molar-refractivity contribution < 1.29 is 0 Å². The Kier molecular flexibility index (Phi) is 35.3. The molecule has 0 spiro atoms. The number of thiocarbonyl (C=S) groups is 2. The number of alkyl halides is 1. The van der Waals surface area contributed by atoms with E-state index in [1.807, 2.05) is 11.9 Å². The second-order valence-corrected chi connectivity index (χ2v) is 12.3.